The van der Waals surface area contributed by atoms with Crippen LogP contribution in [-0.2, 0) is 12.3 Å². The molecule has 0 spiro atoms. The zero-order valence-corrected chi connectivity index (χ0v) is 20.3. The number of halogens is 2. The normalized spacial score (nSPS) is 10.9. The van der Waals surface area contributed by atoms with Crippen LogP contribution in [0.1, 0.15) is 21.5 Å². The van der Waals surface area contributed by atoms with Crippen molar-refractivity contribution in [3.05, 3.63) is 126 Å². The summed E-state index contributed by atoms with van der Waals surface area (Å²) in [5.74, 6) is 0.0510. The van der Waals surface area contributed by atoms with Crippen LogP contribution < -0.4 is 5.32 Å². The van der Waals surface area contributed by atoms with Gasteiger partial charge in [-0.25, -0.2) is 8.78 Å². The molecule has 6 nitrogen and oxygen atoms in total. The van der Waals surface area contributed by atoms with Gasteiger partial charge in [-0.1, -0.05) is 48.2 Å². The third-order valence-corrected chi connectivity index (χ3v) is 6.59. The predicted octanol–water partition coefficient (Wildman–Crippen LogP) is 5.83. The lowest BCUT2D eigenvalue weighted by Crippen LogP contribution is -2.22. The fraction of sp³-hybridized carbons (Fsp3) is 0.0714. The van der Waals surface area contributed by atoms with E-state index >= 15 is 0 Å². The van der Waals surface area contributed by atoms with Crippen LogP contribution >= 0.6 is 11.8 Å². The van der Waals surface area contributed by atoms with Crippen LogP contribution in [0.5, 0.6) is 0 Å². The van der Waals surface area contributed by atoms with Gasteiger partial charge in [-0.2, -0.15) is 0 Å². The smallest absolute Gasteiger partial charge is 0.251 e. The van der Waals surface area contributed by atoms with Gasteiger partial charge in [0.05, 0.1) is 5.69 Å². The number of benzene rings is 3. The molecule has 184 valence electrons. The molecule has 1 N–H and O–H groups in total. The van der Waals surface area contributed by atoms with Crippen LogP contribution in [0, 0.1) is 11.6 Å². The molecule has 3 aromatic carbocycles. The number of aromatic nitrogens is 4. The molecule has 9 heteroatoms. The van der Waals surface area contributed by atoms with E-state index in [2.05, 4.69) is 20.5 Å². The standard InChI is InChI=1S/C28H21F2N5OS/c29-23-10-8-19(9-11-23)17-32-27(36)22-5-3-4-20(16-22)18-37-28-34-33-26(21-12-14-31-15-13-21)35(28)25-7-2-1-6-24(25)30/h1-16H,17-18H2,(H,32,36). The maximum absolute atomic E-state index is 14.8. The van der Waals surface area contributed by atoms with Crippen LogP contribution in [0.2, 0.25) is 0 Å². The Morgan fingerprint density at radius 3 is 2.43 bits per heavy atom. The molecule has 1 amide bonds. The van der Waals surface area contributed by atoms with Gasteiger partial charge in [0.25, 0.3) is 5.91 Å². The van der Waals surface area contributed by atoms with Crippen LogP contribution in [0.4, 0.5) is 8.78 Å². The molecule has 0 saturated heterocycles. The summed E-state index contributed by atoms with van der Waals surface area (Å²) in [6, 6.07) is 23.3. The van der Waals surface area contributed by atoms with Crippen molar-refractivity contribution in [1.29, 1.82) is 0 Å². The van der Waals surface area contributed by atoms with Crippen LogP contribution in [-0.4, -0.2) is 25.7 Å². The van der Waals surface area contributed by atoms with Crippen molar-refractivity contribution in [3.8, 4) is 17.1 Å². The molecule has 0 aliphatic rings. The molecule has 0 bridgehead atoms. The largest absolute Gasteiger partial charge is 0.348 e. The van der Waals surface area contributed by atoms with Crippen LogP contribution in [0.15, 0.2) is 102 Å². The molecule has 0 saturated carbocycles. The van der Waals surface area contributed by atoms with E-state index in [1.54, 1.807) is 71.6 Å². The van der Waals surface area contributed by atoms with Gasteiger partial charge < -0.3 is 5.32 Å². The topological polar surface area (TPSA) is 72.7 Å². The minimum absolute atomic E-state index is 0.231. The number of hydrogen-bond acceptors (Lipinski definition) is 5. The number of carbonyl (C=O) groups is 1. The number of nitrogens with zero attached hydrogens (tertiary/aromatic N) is 4. The summed E-state index contributed by atoms with van der Waals surface area (Å²) in [6.45, 7) is 0.293. The highest BCUT2D eigenvalue weighted by Gasteiger charge is 2.19. The van der Waals surface area contributed by atoms with Crippen LogP contribution in [0.25, 0.3) is 17.1 Å². The Hall–Kier alpha value is -4.37. The van der Waals surface area contributed by atoms with Crippen molar-refractivity contribution in [1.82, 2.24) is 25.1 Å². The molecule has 0 aliphatic carbocycles. The number of nitrogens with one attached hydrogen (secondary N) is 1. The van der Waals surface area contributed by atoms with Gasteiger partial charge in [0.1, 0.15) is 11.6 Å². The summed E-state index contributed by atoms with van der Waals surface area (Å²) in [5, 5.41) is 12.0. The van der Waals surface area contributed by atoms with Crippen molar-refractivity contribution in [2.75, 3.05) is 0 Å². The molecule has 0 aliphatic heterocycles. The molecule has 0 fully saturated rings. The van der Waals surface area contributed by atoms with Gasteiger partial charge in [0.15, 0.2) is 11.0 Å². The molecule has 0 radical (unpaired) electrons. The number of pyridine rings is 1. The second kappa shape index (κ2) is 11.1. The van der Waals surface area contributed by atoms with Gasteiger partial charge in [-0.15, -0.1) is 10.2 Å². The fourth-order valence-corrected chi connectivity index (χ4v) is 4.63. The maximum atomic E-state index is 14.8. The average molecular weight is 514 g/mol. The molecule has 0 atom stereocenters. The number of amides is 1. The molecule has 5 rings (SSSR count). The van der Waals surface area contributed by atoms with E-state index in [-0.39, 0.29) is 17.5 Å². The molecule has 2 aromatic heterocycles. The number of para-hydroxylation sites is 1. The van der Waals surface area contributed by atoms with Crippen LogP contribution in [0.3, 0.4) is 0 Å². The first-order valence-electron chi connectivity index (χ1n) is 11.4. The van der Waals surface area contributed by atoms with Gasteiger partial charge in [-0.3, -0.25) is 14.3 Å². The Kier molecular flexibility index (Phi) is 7.32. The monoisotopic (exact) mass is 513 g/mol. The molecule has 37 heavy (non-hydrogen) atoms. The summed E-state index contributed by atoms with van der Waals surface area (Å²) < 4.78 is 29.6. The fourth-order valence-electron chi connectivity index (χ4n) is 3.74. The van der Waals surface area contributed by atoms with Crippen molar-refractivity contribution < 1.29 is 13.6 Å². The molecule has 0 unspecified atom stereocenters. The molecular weight excluding hydrogens is 492 g/mol. The minimum Gasteiger partial charge on any atom is -0.348 e. The van der Waals surface area contributed by atoms with Gasteiger partial charge >= 0.3 is 0 Å². The first-order chi connectivity index (χ1) is 18.1. The third-order valence-electron chi connectivity index (χ3n) is 5.59. The molecule has 2 heterocycles. The summed E-state index contributed by atoms with van der Waals surface area (Å²) in [4.78, 5) is 16.7. The Bertz CT molecular complexity index is 1520. The van der Waals surface area contributed by atoms with E-state index < -0.39 is 0 Å². The van der Waals surface area contributed by atoms with E-state index in [1.807, 2.05) is 12.1 Å². The second-order valence-corrected chi connectivity index (χ2v) is 9.07. The molecule has 5 aromatic rings. The Labute approximate surface area is 216 Å². The lowest BCUT2D eigenvalue weighted by atomic mass is 10.1. The van der Waals surface area contributed by atoms with Crippen molar-refractivity contribution >= 4 is 17.7 Å². The Balaban J connectivity index is 1.34. The SMILES string of the molecule is O=C(NCc1ccc(F)cc1)c1cccc(CSc2nnc(-c3ccncc3)n2-c2ccccc2F)c1. The number of rotatable bonds is 8. The average Bonchev–Trinajstić information content (AvgIpc) is 3.36. The zero-order chi connectivity index (χ0) is 25.6. The second-order valence-electron chi connectivity index (χ2n) is 8.13. The minimum atomic E-state index is -0.390. The number of hydrogen-bond donors (Lipinski definition) is 1. The number of thioether (sulfide) groups is 1. The van der Waals surface area contributed by atoms with E-state index in [9.17, 15) is 13.6 Å². The van der Waals surface area contributed by atoms with E-state index in [4.69, 9.17) is 0 Å². The quantitative estimate of drug-likeness (QED) is 0.264. The predicted molar refractivity (Wildman–Crippen MR) is 138 cm³/mol. The van der Waals surface area contributed by atoms with Crippen molar-refractivity contribution in [2.24, 2.45) is 0 Å². The Morgan fingerprint density at radius 1 is 0.865 bits per heavy atom. The lowest BCUT2D eigenvalue weighted by molar-refractivity contribution is 0.0951. The summed E-state index contributed by atoms with van der Waals surface area (Å²) in [5.41, 5.74) is 3.31. The molecular formula is C28H21F2N5OS. The third kappa shape index (κ3) is 5.73. The highest BCUT2D eigenvalue weighted by atomic mass is 32.2. The highest BCUT2D eigenvalue weighted by Crippen LogP contribution is 2.30. The van der Waals surface area contributed by atoms with Crippen molar-refractivity contribution in [3.63, 3.8) is 0 Å². The summed E-state index contributed by atoms with van der Waals surface area (Å²) in [6.07, 6.45) is 3.30. The van der Waals surface area contributed by atoms with E-state index in [1.165, 1.54) is 30.0 Å². The van der Waals surface area contributed by atoms with Gasteiger partial charge in [0, 0.05) is 35.8 Å². The summed E-state index contributed by atoms with van der Waals surface area (Å²) >= 11 is 1.39. The first-order valence-corrected chi connectivity index (χ1v) is 12.4. The van der Waals surface area contributed by atoms with Gasteiger partial charge in [0.2, 0.25) is 0 Å². The van der Waals surface area contributed by atoms with E-state index in [0.717, 1.165) is 16.7 Å². The summed E-state index contributed by atoms with van der Waals surface area (Å²) in [7, 11) is 0. The maximum Gasteiger partial charge on any atom is 0.251 e. The first kappa shape index (κ1) is 24.3. The lowest BCUT2D eigenvalue weighted by Gasteiger charge is -2.11. The van der Waals surface area contributed by atoms with Crippen molar-refractivity contribution in [2.45, 2.75) is 17.5 Å². The highest BCUT2D eigenvalue weighted by molar-refractivity contribution is 7.98. The Morgan fingerprint density at radius 2 is 1.65 bits per heavy atom. The number of carbonyl (C=O) groups excluding carboxylic acids is 1. The zero-order valence-electron chi connectivity index (χ0n) is 19.5. The van der Waals surface area contributed by atoms with Gasteiger partial charge in [-0.05, 0) is 59.7 Å². The van der Waals surface area contributed by atoms with E-state index in [0.29, 0.717) is 34.5 Å².